The fourth-order valence-corrected chi connectivity index (χ4v) is 2.06. The van der Waals surface area contributed by atoms with E-state index in [1.165, 1.54) is 0 Å². The third-order valence-corrected chi connectivity index (χ3v) is 3.91. The van der Waals surface area contributed by atoms with Gasteiger partial charge in [0.05, 0.1) is 18.3 Å². The predicted octanol–water partition coefficient (Wildman–Crippen LogP) is 2.21. The molecular formula is C11H22O2. The molecule has 0 spiro atoms. The first kappa shape index (κ1) is 11.0. The van der Waals surface area contributed by atoms with Gasteiger partial charge in [0.2, 0.25) is 0 Å². The second-order valence-corrected chi connectivity index (χ2v) is 5.47. The van der Waals surface area contributed by atoms with Gasteiger partial charge in [-0.3, -0.25) is 0 Å². The van der Waals surface area contributed by atoms with Crippen molar-refractivity contribution in [2.24, 2.45) is 10.8 Å². The molecule has 3 atom stereocenters. The smallest absolute Gasteiger partial charge is 0.0691 e. The maximum absolute atomic E-state index is 10.2. The van der Waals surface area contributed by atoms with E-state index >= 15 is 0 Å². The van der Waals surface area contributed by atoms with Crippen LogP contribution in [0.3, 0.4) is 0 Å². The summed E-state index contributed by atoms with van der Waals surface area (Å²) in [6, 6.07) is 0. The van der Waals surface area contributed by atoms with Crippen molar-refractivity contribution < 1.29 is 9.84 Å². The SMILES string of the molecule is CC1O[C@H](C)C(C)(C)C(O)C1(C)C. The van der Waals surface area contributed by atoms with E-state index < -0.39 is 0 Å². The van der Waals surface area contributed by atoms with E-state index in [4.69, 9.17) is 4.74 Å². The molecule has 2 nitrogen and oxygen atoms in total. The van der Waals surface area contributed by atoms with Crippen molar-refractivity contribution in [1.29, 1.82) is 0 Å². The van der Waals surface area contributed by atoms with Crippen LogP contribution in [0, 0.1) is 10.8 Å². The minimum absolute atomic E-state index is 0.116. The van der Waals surface area contributed by atoms with Crippen molar-refractivity contribution in [3.05, 3.63) is 0 Å². The Morgan fingerprint density at radius 2 is 1.23 bits per heavy atom. The number of ether oxygens (including phenoxy) is 1. The number of aliphatic hydroxyl groups is 1. The van der Waals surface area contributed by atoms with Crippen LogP contribution in [0.5, 0.6) is 0 Å². The molecule has 1 saturated heterocycles. The molecule has 1 aliphatic heterocycles. The minimum atomic E-state index is -0.307. The Morgan fingerprint density at radius 3 is 1.54 bits per heavy atom. The molecule has 0 aromatic heterocycles. The molecule has 1 rings (SSSR count). The standard InChI is InChI=1S/C11H22O2/c1-7-10(3,4)9(12)11(5,6)8(2)13-7/h7-9,12H,1-6H3/t7-,8?,9?/m1/s1. The summed E-state index contributed by atoms with van der Waals surface area (Å²) in [6.45, 7) is 12.3. The average Bonchev–Trinajstić information content (AvgIpc) is 2.00. The van der Waals surface area contributed by atoms with Gasteiger partial charge in [0.15, 0.2) is 0 Å². The molecule has 0 amide bonds. The van der Waals surface area contributed by atoms with Gasteiger partial charge in [0, 0.05) is 10.8 Å². The van der Waals surface area contributed by atoms with Gasteiger partial charge in [0.25, 0.3) is 0 Å². The molecule has 2 unspecified atom stereocenters. The van der Waals surface area contributed by atoms with Crippen LogP contribution in [0.2, 0.25) is 0 Å². The lowest BCUT2D eigenvalue weighted by Gasteiger charge is -2.53. The number of rotatable bonds is 0. The molecule has 78 valence electrons. The maximum Gasteiger partial charge on any atom is 0.0691 e. The third kappa shape index (κ3) is 1.50. The zero-order valence-electron chi connectivity index (χ0n) is 9.59. The highest BCUT2D eigenvalue weighted by atomic mass is 16.5. The molecule has 0 saturated carbocycles. The number of hydrogen-bond donors (Lipinski definition) is 1. The summed E-state index contributed by atoms with van der Waals surface area (Å²) >= 11 is 0. The van der Waals surface area contributed by atoms with Gasteiger partial charge in [-0.05, 0) is 13.8 Å². The van der Waals surface area contributed by atoms with Crippen molar-refractivity contribution >= 4 is 0 Å². The predicted molar refractivity (Wildman–Crippen MR) is 53.6 cm³/mol. The van der Waals surface area contributed by atoms with Crippen molar-refractivity contribution in [2.45, 2.75) is 59.9 Å². The average molecular weight is 186 g/mol. The lowest BCUT2D eigenvalue weighted by molar-refractivity contribution is -0.227. The zero-order chi connectivity index (χ0) is 10.4. The normalized spacial score (nSPS) is 43.2. The Labute approximate surface area is 81.3 Å². The van der Waals surface area contributed by atoms with Crippen molar-refractivity contribution in [1.82, 2.24) is 0 Å². The van der Waals surface area contributed by atoms with Gasteiger partial charge in [-0.1, -0.05) is 27.7 Å². The third-order valence-electron chi connectivity index (χ3n) is 3.91. The fraction of sp³-hybridized carbons (Fsp3) is 1.00. The molecular weight excluding hydrogens is 164 g/mol. The van der Waals surface area contributed by atoms with Crippen LogP contribution in [0.1, 0.15) is 41.5 Å². The van der Waals surface area contributed by atoms with Crippen LogP contribution in [0.15, 0.2) is 0 Å². The Balaban J connectivity index is 2.96. The minimum Gasteiger partial charge on any atom is -0.392 e. The van der Waals surface area contributed by atoms with Gasteiger partial charge >= 0.3 is 0 Å². The molecule has 1 fully saturated rings. The zero-order valence-corrected chi connectivity index (χ0v) is 9.59. The first-order chi connectivity index (χ1) is 5.70. The highest BCUT2D eigenvalue weighted by Gasteiger charge is 2.51. The quantitative estimate of drug-likeness (QED) is 0.628. The Kier molecular flexibility index (Phi) is 2.50. The van der Waals surface area contributed by atoms with E-state index in [9.17, 15) is 5.11 Å². The summed E-state index contributed by atoms with van der Waals surface area (Å²) in [6.07, 6.45) is -0.0743. The van der Waals surface area contributed by atoms with Crippen molar-refractivity contribution in [3.8, 4) is 0 Å². The topological polar surface area (TPSA) is 29.5 Å². The summed E-state index contributed by atoms with van der Waals surface area (Å²) < 4.78 is 5.83. The largest absolute Gasteiger partial charge is 0.392 e. The second-order valence-electron chi connectivity index (χ2n) is 5.47. The molecule has 0 aromatic carbocycles. The molecule has 13 heavy (non-hydrogen) atoms. The molecule has 0 radical (unpaired) electrons. The van der Waals surface area contributed by atoms with Crippen LogP contribution in [0.25, 0.3) is 0 Å². The van der Waals surface area contributed by atoms with Crippen LogP contribution in [-0.4, -0.2) is 23.4 Å². The lowest BCUT2D eigenvalue weighted by atomic mass is 9.65. The van der Waals surface area contributed by atoms with Gasteiger partial charge in [-0.15, -0.1) is 0 Å². The summed E-state index contributed by atoms with van der Waals surface area (Å²) in [5.41, 5.74) is -0.313. The van der Waals surface area contributed by atoms with Crippen LogP contribution >= 0.6 is 0 Å². The number of hydrogen-bond acceptors (Lipinski definition) is 2. The first-order valence-corrected chi connectivity index (χ1v) is 5.04. The fourth-order valence-electron chi connectivity index (χ4n) is 2.06. The highest BCUT2D eigenvalue weighted by molar-refractivity contribution is 4.99. The van der Waals surface area contributed by atoms with Gasteiger partial charge in [-0.25, -0.2) is 0 Å². The molecule has 0 aliphatic carbocycles. The Bertz CT molecular complexity index is 176. The van der Waals surface area contributed by atoms with Crippen molar-refractivity contribution in [2.75, 3.05) is 0 Å². The van der Waals surface area contributed by atoms with Crippen LogP contribution in [0.4, 0.5) is 0 Å². The van der Waals surface area contributed by atoms with Crippen LogP contribution < -0.4 is 0 Å². The van der Waals surface area contributed by atoms with Crippen LogP contribution in [-0.2, 0) is 4.74 Å². The van der Waals surface area contributed by atoms with E-state index in [2.05, 4.69) is 27.7 Å². The second kappa shape index (κ2) is 2.96. The first-order valence-electron chi connectivity index (χ1n) is 5.04. The lowest BCUT2D eigenvalue weighted by Crippen LogP contribution is -2.58. The summed E-state index contributed by atoms with van der Waals surface area (Å²) in [7, 11) is 0. The molecule has 1 N–H and O–H groups in total. The van der Waals surface area contributed by atoms with E-state index in [1.807, 2.05) is 13.8 Å². The maximum atomic E-state index is 10.2. The van der Waals surface area contributed by atoms with Gasteiger partial charge in [0.1, 0.15) is 0 Å². The molecule has 0 bridgehead atoms. The van der Waals surface area contributed by atoms with Crippen molar-refractivity contribution in [3.63, 3.8) is 0 Å². The van der Waals surface area contributed by atoms with Gasteiger partial charge < -0.3 is 9.84 Å². The highest BCUT2D eigenvalue weighted by Crippen LogP contribution is 2.45. The van der Waals surface area contributed by atoms with E-state index in [0.717, 1.165) is 0 Å². The van der Waals surface area contributed by atoms with E-state index in [1.54, 1.807) is 0 Å². The monoisotopic (exact) mass is 186 g/mol. The molecule has 1 aliphatic rings. The molecule has 1 heterocycles. The van der Waals surface area contributed by atoms with E-state index in [0.29, 0.717) is 0 Å². The summed E-state index contributed by atoms with van der Waals surface area (Å²) in [5.74, 6) is 0. The summed E-state index contributed by atoms with van der Waals surface area (Å²) in [4.78, 5) is 0. The Hall–Kier alpha value is -0.0800. The Morgan fingerprint density at radius 1 is 0.923 bits per heavy atom. The molecule has 2 heteroatoms. The summed E-state index contributed by atoms with van der Waals surface area (Å²) in [5, 5.41) is 10.2. The number of aliphatic hydroxyl groups excluding tert-OH is 1. The van der Waals surface area contributed by atoms with Gasteiger partial charge in [-0.2, -0.15) is 0 Å². The van der Waals surface area contributed by atoms with E-state index in [-0.39, 0.29) is 29.1 Å². The molecule has 0 aromatic rings.